The van der Waals surface area contributed by atoms with Crippen molar-refractivity contribution in [1.29, 1.82) is 0 Å². The molecule has 0 radical (unpaired) electrons. The van der Waals surface area contributed by atoms with Crippen molar-refractivity contribution in [3.05, 3.63) is 35.8 Å². The molecule has 21 heavy (non-hydrogen) atoms. The second-order valence-corrected chi connectivity index (χ2v) is 5.20. The van der Waals surface area contributed by atoms with Crippen molar-refractivity contribution >= 4 is 11.8 Å². The molecular formula is C16H22O5. The molecule has 1 aromatic heterocycles. The number of esters is 1. The molecule has 5 heteroatoms. The van der Waals surface area contributed by atoms with E-state index < -0.39 is 12.1 Å². The number of hydrogen-bond donors (Lipinski definition) is 1. The maximum atomic E-state index is 12.0. The lowest BCUT2D eigenvalue weighted by Gasteiger charge is -2.15. The van der Waals surface area contributed by atoms with Crippen LogP contribution in [0.2, 0.25) is 0 Å². The third kappa shape index (κ3) is 5.19. The van der Waals surface area contributed by atoms with Crippen molar-refractivity contribution in [3.63, 3.8) is 0 Å². The van der Waals surface area contributed by atoms with E-state index in [1.165, 1.54) is 6.92 Å². The molecular weight excluding hydrogens is 272 g/mol. The van der Waals surface area contributed by atoms with Crippen molar-refractivity contribution in [2.24, 2.45) is 5.92 Å². The fourth-order valence-corrected chi connectivity index (χ4v) is 1.86. The van der Waals surface area contributed by atoms with Crippen LogP contribution < -0.4 is 0 Å². The summed E-state index contributed by atoms with van der Waals surface area (Å²) in [5.41, 5.74) is 0.562. The van der Waals surface area contributed by atoms with Crippen molar-refractivity contribution in [1.82, 2.24) is 0 Å². The van der Waals surface area contributed by atoms with E-state index in [0.29, 0.717) is 23.5 Å². The average Bonchev–Trinajstić information content (AvgIpc) is 2.90. The highest BCUT2D eigenvalue weighted by atomic mass is 16.6. The van der Waals surface area contributed by atoms with E-state index in [0.717, 1.165) is 0 Å². The summed E-state index contributed by atoms with van der Waals surface area (Å²) in [6.45, 7) is 8.66. The predicted octanol–water partition coefficient (Wildman–Crippen LogP) is 2.94. The molecule has 0 fully saturated rings. The number of aliphatic hydroxyl groups is 1. The van der Waals surface area contributed by atoms with Gasteiger partial charge in [0, 0.05) is 13.3 Å². The molecule has 1 aromatic rings. The smallest absolute Gasteiger partial charge is 0.303 e. The van der Waals surface area contributed by atoms with Crippen LogP contribution in [0.4, 0.5) is 0 Å². The Hall–Kier alpha value is -1.88. The Morgan fingerprint density at radius 3 is 2.52 bits per heavy atom. The second-order valence-electron chi connectivity index (χ2n) is 5.20. The molecule has 1 heterocycles. The Bertz CT molecular complexity index is 512. The first kappa shape index (κ1) is 17.2. The van der Waals surface area contributed by atoms with Crippen molar-refractivity contribution in [2.75, 3.05) is 0 Å². The van der Waals surface area contributed by atoms with Gasteiger partial charge < -0.3 is 14.3 Å². The lowest BCUT2D eigenvalue weighted by molar-refractivity contribution is -0.148. The average molecular weight is 294 g/mol. The maximum absolute atomic E-state index is 12.0. The number of hydrogen-bond acceptors (Lipinski definition) is 5. The van der Waals surface area contributed by atoms with E-state index >= 15 is 0 Å². The number of aliphatic hydroxyl groups excluding tert-OH is 1. The fraction of sp³-hybridized carbons (Fsp3) is 0.500. The zero-order valence-electron chi connectivity index (χ0n) is 12.7. The van der Waals surface area contributed by atoms with Crippen molar-refractivity contribution < 1.29 is 23.8 Å². The summed E-state index contributed by atoms with van der Waals surface area (Å²) in [6, 6.07) is 3.25. The molecule has 0 saturated carbocycles. The van der Waals surface area contributed by atoms with Crippen LogP contribution in [0.1, 0.15) is 51.2 Å². The molecule has 0 bridgehead atoms. The summed E-state index contributed by atoms with van der Waals surface area (Å²) < 4.78 is 10.6. The molecule has 0 amide bonds. The molecule has 0 aliphatic rings. The van der Waals surface area contributed by atoms with Gasteiger partial charge in [-0.3, -0.25) is 9.59 Å². The number of allylic oxidation sites excluding steroid dienone is 1. The summed E-state index contributed by atoms with van der Waals surface area (Å²) in [5.74, 6) is 0.416. The minimum absolute atomic E-state index is 0.0453. The zero-order valence-corrected chi connectivity index (χ0v) is 12.7. The molecule has 0 aliphatic carbocycles. The van der Waals surface area contributed by atoms with Gasteiger partial charge in [-0.1, -0.05) is 20.4 Å². The summed E-state index contributed by atoms with van der Waals surface area (Å²) in [5, 5.41) is 9.00. The summed E-state index contributed by atoms with van der Waals surface area (Å²) in [6.07, 6.45) is -0.0844. The van der Waals surface area contributed by atoms with Gasteiger partial charge in [-0.05, 0) is 30.0 Å². The van der Waals surface area contributed by atoms with Gasteiger partial charge in [-0.2, -0.15) is 0 Å². The van der Waals surface area contributed by atoms with Crippen molar-refractivity contribution in [2.45, 2.75) is 46.3 Å². The molecule has 0 spiro atoms. The molecule has 0 saturated heterocycles. The number of ketones is 1. The van der Waals surface area contributed by atoms with E-state index in [1.807, 2.05) is 13.8 Å². The monoisotopic (exact) mass is 294 g/mol. The van der Waals surface area contributed by atoms with E-state index in [4.69, 9.17) is 14.3 Å². The second kappa shape index (κ2) is 7.78. The van der Waals surface area contributed by atoms with Gasteiger partial charge >= 0.3 is 5.97 Å². The Morgan fingerprint density at radius 1 is 1.38 bits per heavy atom. The number of carbonyl (C=O) groups is 2. The van der Waals surface area contributed by atoms with Crippen LogP contribution in [0.3, 0.4) is 0 Å². The lowest BCUT2D eigenvalue weighted by Crippen LogP contribution is -2.12. The third-order valence-electron chi connectivity index (χ3n) is 3.15. The number of Topliss-reactive ketones (excluding diaryl/α,β-unsaturated/α-hetero) is 1. The topological polar surface area (TPSA) is 76.7 Å². The number of ether oxygens (including phenoxy) is 1. The molecule has 1 atom stereocenters. The van der Waals surface area contributed by atoms with Crippen LogP contribution >= 0.6 is 0 Å². The summed E-state index contributed by atoms with van der Waals surface area (Å²) in [7, 11) is 0. The maximum Gasteiger partial charge on any atom is 0.303 e. The Balaban J connectivity index is 2.73. The van der Waals surface area contributed by atoms with Gasteiger partial charge in [-0.15, -0.1) is 0 Å². The molecule has 0 aliphatic heterocycles. The number of rotatable bonds is 8. The summed E-state index contributed by atoms with van der Waals surface area (Å²) in [4.78, 5) is 23.1. The highest BCUT2D eigenvalue weighted by molar-refractivity contribution is 5.95. The molecule has 1 rings (SSSR count). The highest BCUT2D eigenvalue weighted by Gasteiger charge is 2.21. The standard InChI is InChI=1S/C16H22O5/c1-10(2)11(3)14(19)6-8-15(20-12(4)18)16-7-5-13(9-17)21-16/h5,7,10,15,17H,3,6,8-9H2,1-2,4H3/t15-/m0/s1. The van der Waals surface area contributed by atoms with Crippen LogP contribution in [0, 0.1) is 5.92 Å². The van der Waals surface area contributed by atoms with Crippen LogP contribution in [0.5, 0.6) is 0 Å². The minimum atomic E-state index is -0.633. The molecule has 0 unspecified atom stereocenters. The highest BCUT2D eigenvalue weighted by Crippen LogP contribution is 2.26. The largest absolute Gasteiger partial charge is 0.460 e. The first-order valence-electron chi connectivity index (χ1n) is 6.93. The first-order chi connectivity index (χ1) is 9.85. The molecule has 0 aromatic carbocycles. The van der Waals surface area contributed by atoms with E-state index in [9.17, 15) is 9.59 Å². The van der Waals surface area contributed by atoms with Crippen LogP contribution in [-0.2, 0) is 20.9 Å². The van der Waals surface area contributed by atoms with Gasteiger partial charge in [-0.25, -0.2) is 0 Å². The van der Waals surface area contributed by atoms with Crippen molar-refractivity contribution in [3.8, 4) is 0 Å². The van der Waals surface area contributed by atoms with Gasteiger partial charge in [0.25, 0.3) is 0 Å². The normalized spacial score (nSPS) is 12.2. The van der Waals surface area contributed by atoms with Gasteiger partial charge in [0.05, 0.1) is 0 Å². The minimum Gasteiger partial charge on any atom is -0.460 e. The fourth-order valence-electron chi connectivity index (χ4n) is 1.86. The van der Waals surface area contributed by atoms with Crippen LogP contribution in [0.15, 0.2) is 28.7 Å². The van der Waals surface area contributed by atoms with Crippen LogP contribution in [0.25, 0.3) is 0 Å². The quantitative estimate of drug-likeness (QED) is 0.589. The zero-order chi connectivity index (χ0) is 16.0. The number of furan rings is 1. The summed E-state index contributed by atoms with van der Waals surface area (Å²) >= 11 is 0. The lowest BCUT2D eigenvalue weighted by atomic mass is 9.96. The van der Waals surface area contributed by atoms with E-state index in [1.54, 1.807) is 12.1 Å². The van der Waals surface area contributed by atoms with E-state index in [-0.39, 0.29) is 24.7 Å². The van der Waals surface area contributed by atoms with Gasteiger partial charge in [0.1, 0.15) is 18.1 Å². The third-order valence-corrected chi connectivity index (χ3v) is 3.15. The number of carbonyl (C=O) groups excluding carboxylic acids is 2. The predicted molar refractivity (Wildman–Crippen MR) is 77.4 cm³/mol. The Kier molecular flexibility index (Phi) is 6.37. The van der Waals surface area contributed by atoms with E-state index in [2.05, 4.69) is 6.58 Å². The Labute approximate surface area is 124 Å². The Morgan fingerprint density at radius 2 is 2.05 bits per heavy atom. The molecule has 1 N–H and O–H groups in total. The van der Waals surface area contributed by atoms with Crippen LogP contribution in [-0.4, -0.2) is 16.9 Å². The first-order valence-corrected chi connectivity index (χ1v) is 6.93. The van der Waals surface area contributed by atoms with Gasteiger partial charge in [0.2, 0.25) is 0 Å². The SMILES string of the molecule is C=C(C(=O)CC[C@H](OC(C)=O)c1ccc(CO)o1)C(C)C. The molecule has 116 valence electrons. The van der Waals surface area contributed by atoms with Gasteiger partial charge in [0.15, 0.2) is 11.9 Å². The molecule has 5 nitrogen and oxygen atoms in total.